The van der Waals surface area contributed by atoms with Crippen LogP contribution in [0.15, 0.2) is 24.3 Å². The quantitative estimate of drug-likeness (QED) is 0.520. The van der Waals surface area contributed by atoms with E-state index in [9.17, 15) is 14.4 Å². The fourth-order valence-corrected chi connectivity index (χ4v) is 1.84. The molecule has 6 heteroatoms. The number of hydrogen-bond acceptors (Lipinski definition) is 4. The standard InChI is InChI=1S/C14H14N2O4/c1-8(17)20-13-9-6-4-5-7-10(9)15-11(13)12(18)14(19)16(2)3/h4-7,15H,1-3H3. The van der Waals surface area contributed by atoms with Crippen molar-refractivity contribution in [3.63, 3.8) is 0 Å². The molecule has 0 aliphatic rings. The SMILES string of the molecule is CC(=O)Oc1c(C(=O)C(=O)N(C)C)[nH]c2ccccc12. The number of nitrogens with one attached hydrogen (secondary N) is 1. The minimum Gasteiger partial charge on any atom is -0.424 e. The molecular formula is C14H14N2O4. The topological polar surface area (TPSA) is 79.5 Å². The Morgan fingerprint density at radius 3 is 2.40 bits per heavy atom. The van der Waals surface area contributed by atoms with Crippen molar-refractivity contribution >= 4 is 28.6 Å². The molecule has 0 radical (unpaired) electrons. The third-order valence-electron chi connectivity index (χ3n) is 2.73. The highest BCUT2D eigenvalue weighted by molar-refractivity contribution is 6.43. The van der Waals surface area contributed by atoms with Gasteiger partial charge in [0.15, 0.2) is 5.75 Å². The molecule has 2 rings (SSSR count). The highest BCUT2D eigenvalue weighted by Crippen LogP contribution is 2.30. The molecule has 0 unspecified atom stereocenters. The van der Waals surface area contributed by atoms with Crippen molar-refractivity contribution in [3.05, 3.63) is 30.0 Å². The summed E-state index contributed by atoms with van der Waals surface area (Å²) in [5.41, 5.74) is 0.610. The van der Waals surface area contributed by atoms with E-state index < -0.39 is 17.7 Å². The van der Waals surface area contributed by atoms with Gasteiger partial charge in [-0.2, -0.15) is 0 Å². The number of benzene rings is 1. The van der Waals surface area contributed by atoms with Crippen LogP contribution in [0.3, 0.4) is 0 Å². The summed E-state index contributed by atoms with van der Waals surface area (Å²) in [6.45, 7) is 1.24. The average molecular weight is 274 g/mol. The van der Waals surface area contributed by atoms with Crippen LogP contribution in [0.1, 0.15) is 17.4 Å². The number of H-pyrrole nitrogens is 1. The van der Waals surface area contributed by atoms with Gasteiger partial charge in [0.05, 0.1) is 0 Å². The summed E-state index contributed by atoms with van der Waals surface area (Å²) in [6, 6.07) is 6.98. The molecule has 2 aromatic rings. The molecule has 1 aromatic carbocycles. The normalized spacial score (nSPS) is 10.3. The maximum Gasteiger partial charge on any atom is 0.308 e. The first-order valence-corrected chi connectivity index (χ1v) is 5.97. The van der Waals surface area contributed by atoms with E-state index in [-0.39, 0.29) is 11.4 Å². The van der Waals surface area contributed by atoms with Crippen LogP contribution in [-0.2, 0) is 9.59 Å². The van der Waals surface area contributed by atoms with E-state index in [2.05, 4.69) is 4.98 Å². The highest BCUT2D eigenvalue weighted by Gasteiger charge is 2.26. The first kappa shape index (κ1) is 13.8. The van der Waals surface area contributed by atoms with Crippen molar-refractivity contribution in [2.24, 2.45) is 0 Å². The van der Waals surface area contributed by atoms with Gasteiger partial charge in [0, 0.05) is 31.9 Å². The average Bonchev–Trinajstić information content (AvgIpc) is 2.75. The van der Waals surface area contributed by atoms with Crippen LogP contribution in [0.4, 0.5) is 0 Å². The minimum absolute atomic E-state index is 0.0138. The summed E-state index contributed by atoms with van der Waals surface area (Å²) in [5.74, 6) is -1.90. The van der Waals surface area contributed by atoms with Crippen LogP contribution >= 0.6 is 0 Å². The number of para-hydroxylation sites is 1. The van der Waals surface area contributed by atoms with Gasteiger partial charge in [0.25, 0.3) is 11.7 Å². The van der Waals surface area contributed by atoms with Gasteiger partial charge in [0.2, 0.25) is 0 Å². The van der Waals surface area contributed by atoms with E-state index in [1.165, 1.54) is 25.9 Å². The molecule has 0 atom stereocenters. The van der Waals surface area contributed by atoms with Crippen molar-refractivity contribution in [1.29, 1.82) is 0 Å². The van der Waals surface area contributed by atoms with Crippen molar-refractivity contribution in [2.75, 3.05) is 14.1 Å². The van der Waals surface area contributed by atoms with E-state index in [1.807, 2.05) is 0 Å². The molecule has 1 N–H and O–H groups in total. The smallest absolute Gasteiger partial charge is 0.308 e. The number of ketones is 1. The fraction of sp³-hybridized carbons (Fsp3) is 0.214. The Hall–Kier alpha value is -2.63. The van der Waals surface area contributed by atoms with Crippen LogP contribution in [0, 0.1) is 0 Å². The predicted octanol–water partition coefficient (Wildman–Crippen LogP) is 1.36. The lowest BCUT2D eigenvalue weighted by Gasteiger charge is -2.09. The van der Waals surface area contributed by atoms with Crippen LogP contribution in [0.25, 0.3) is 10.9 Å². The Bertz CT molecular complexity index is 700. The lowest BCUT2D eigenvalue weighted by molar-refractivity contribution is -0.132. The van der Waals surface area contributed by atoms with Crippen LogP contribution in [0.2, 0.25) is 0 Å². The molecule has 20 heavy (non-hydrogen) atoms. The van der Waals surface area contributed by atoms with Gasteiger partial charge in [-0.3, -0.25) is 14.4 Å². The number of rotatable bonds is 3. The number of likely N-dealkylation sites (N-methyl/N-ethyl adjacent to an activating group) is 1. The molecule has 0 saturated heterocycles. The van der Waals surface area contributed by atoms with E-state index in [1.54, 1.807) is 24.3 Å². The lowest BCUT2D eigenvalue weighted by atomic mass is 10.2. The zero-order valence-electron chi connectivity index (χ0n) is 11.4. The Kier molecular flexibility index (Phi) is 3.56. The number of aromatic amines is 1. The number of aromatic nitrogens is 1. The number of hydrogen-bond donors (Lipinski definition) is 1. The molecule has 0 aliphatic heterocycles. The monoisotopic (exact) mass is 274 g/mol. The summed E-state index contributed by atoms with van der Waals surface area (Å²) < 4.78 is 5.09. The maximum absolute atomic E-state index is 12.1. The van der Waals surface area contributed by atoms with Crippen molar-refractivity contribution in [1.82, 2.24) is 9.88 Å². The van der Waals surface area contributed by atoms with Gasteiger partial charge in [-0.15, -0.1) is 0 Å². The van der Waals surface area contributed by atoms with Crippen LogP contribution in [-0.4, -0.2) is 41.6 Å². The predicted molar refractivity (Wildman–Crippen MR) is 72.6 cm³/mol. The number of fused-ring (bicyclic) bond motifs is 1. The molecule has 0 fully saturated rings. The van der Waals surface area contributed by atoms with Gasteiger partial charge < -0.3 is 14.6 Å². The van der Waals surface area contributed by atoms with Crippen molar-refractivity contribution in [2.45, 2.75) is 6.92 Å². The number of carbonyl (C=O) groups is 3. The maximum atomic E-state index is 12.1. The summed E-state index contributed by atoms with van der Waals surface area (Å²) in [5, 5.41) is 0.581. The molecular weight excluding hydrogens is 260 g/mol. The number of Topliss-reactive ketones (excluding diaryl/α,β-unsaturated/α-hetero) is 1. The molecule has 0 aliphatic carbocycles. The summed E-state index contributed by atoms with van der Waals surface area (Å²) in [7, 11) is 2.96. The Morgan fingerprint density at radius 1 is 1.15 bits per heavy atom. The zero-order valence-corrected chi connectivity index (χ0v) is 11.4. The number of ether oxygens (including phenoxy) is 1. The largest absolute Gasteiger partial charge is 0.424 e. The van der Waals surface area contributed by atoms with E-state index in [4.69, 9.17) is 4.74 Å². The molecule has 1 heterocycles. The number of carbonyl (C=O) groups excluding carboxylic acids is 3. The number of esters is 1. The summed E-state index contributed by atoms with van der Waals surface area (Å²) in [4.78, 5) is 39.1. The Labute approximate surface area is 115 Å². The third kappa shape index (κ3) is 2.40. The van der Waals surface area contributed by atoms with E-state index >= 15 is 0 Å². The molecule has 1 aromatic heterocycles. The van der Waals surface area contributed by atoms with Crippen molar-refractivity contribution < 1.29 is 19.1 Å². The molecule has 1 amide bonds. The van der Waals surface area contributed by atoms with Gasteiger partial charge in [-0.1, -0.05) is 12.1 Å². The second kappa shape index (κ2) is 5.16. The number of amides is 1. The van der Waals surface area contributed by atoms with Gasteiger partial charge in [0.1, 0.15) is 5.69 Å². The van der Waals surface area contributed by atoms with Crippen molar-refractivity contribution in [3.8, 4) is 5.75 Å². The Morgan fingerprint density at radius 2 is 1.80 bits per heavy atom. The molecule has 0 spiro atoms. The third-order valence-corrected chi connectivity index (χ3v) is 2.73. The second-order valence-electron chi connectivity index (χ2n) is 4.50. The molecule has 0 saturated carbocycles. The second-order valence-corrected chi connectivity index (χ2v) is 4.50. The summed E-state index contributed by atoms with van der Waals surface area (Å²) in [6.07, 6.45) is 0. The highest BCUT2D eigenvalue weighted by atomic mass is 16.5. The lowest BCUT2D eigenvalue weighted by Crippen LogP contribution is -2.30. The summed E-state index contributed by atoms with van der Waals surface area (Å²) >= 11 is 0. The minimum atomic E-state index is -0.748. The van der Waals surface area contributed by atoms with Crippen LogP contribution < -0.4 is 4.74 Å². The fourth-order valence-electron chi connectivity index (χ4n) is 1.84. The molecule has 6 nitrogen and oxygen atoms in total. The molecule has 0 bridgehead atoms. The van der Waals surface area contributed by atoms with E-state index in [0.29, 0.717) is 10.9 Å². The van der Waals surface area contributed by atoms with E-state index in [0.717, 1.165) is 0 Å². The van der Waals surface area contributed by atoms with Crippen LogP contribution in [0.5, 0.6) is 5.75 Å². The zero-order chi connectivity index (χ0) is 14.9. The Balaban J connectivity index is 2.59. The first-order chi connectivity index (χ1) is 9.41. The van der Waals surface area contributed by atoms with Gasteiger partial charge in [-0.05, 0) is 12.1 Å². The molecule has 104 valence electrons. The van der Waals surface area contributed by atoms with Gasteiger partial charge in [-0.25, -0.2) is 0 Å². The first-order valence-electron chi connectivity index (χ1n) is 5.97. The number of nitrogens with zero attached hydrogens (tertiary/aromatic N) is 1. The van der Waals surface area contributed by atoms with Gasteiger partial charge >= 0.3 is 5.97 Å².